The highest BCUT2D eigenvalue weighted by Crippen LogP contribution is 2.16. The number of amides is 1. The van der Waals surface area contributed by atoms with Gasteiger partial charge in [-0.25, -0.2) is 0 Å². The average Bonchev–Trinajstić information content (AvgIpc) is 2.28. The minimum atomic E-state index is -0.0400. The van der Waals surface area contributed by atoms with E-state index in [-0.39, 0.29) is 12.5 Å². The topological polar surface area (TPSA) is 29.5 Å². The van der Waals surface area contributed by atoms with E-state index < -0.39 is 0 Å². The van der Waals surface area contributed by atoms with Gasteiger partial charge < -0.3 is 9.64 Å². The molecule has 88 valence electrons. The van der Waals surface area contributed by atoms with E-state index in [0.29, 0.717) is 18.2 Å². The Labute approximate surface area is 101 Å². The zero-order chi connectivity index (χ0) is 12.0. The molecule has 4 heteroatoms. The van der Waals surface area contributed by atoms with Gasteiger partial charge in [-0.05, 0) is 18.6 Å². The largest absolute Gasteiger partial charge is 0.372 e. The fourth-order valence-electron chi connectivity index (χ4n) is 1.27. The van der Waals surface area contributed by atoms with E-state index in [4.69, 9.17) is 16.3 Å². The van der Waals surface area contributed by atoms with Gasteiger partial charge in [-0.15, -0.1) is 0 Å². The molecule has 0 radical (unpaired) electrons. The molecule has 0 atom stereocenters. The maximum Gasteiger partial charge on any atom is 0.248 e. The second-order valence-electron chi connectivity index (χ2n) is 3.48. The summed E-state index contributed by atoms with van der Waals surface area (Å²) in [5.74, 6) is -0.0400. The first kappa shape index (κ1) is 13.0. The lowest BCUT2D eigenvalue weighted by atomic mass is 10.2. The third-order valence-corrected chi connectivity index (χ3v) is 2.59. The quantitative estimate of drug-likeness (QED) is 0.792. The maximum absolute atomic E-state index is 11.6. The van der Waals surface area contributed by atoms with Crippen molar-refractivity contribution in [3.05, 3.63) is 34.9 Å². The van der Waals surface area contributed by atoms with E-state index in [2.05, 4.69) is 0 Å². The van der Waals surface area contributed by atoms with Gasteiger partial charge in [0.1, 0.15) is 6.61 Å². The van der Waals surface area contributed by atoms with Crippen molar-refractivity contribution in [2.24, 2.45) is 0 Å². The van der Waals surface area contributed by atoms with E-state index in [1.807, 2.05) is 31.2 Å². The van der Waals surface area contributed by atoms with Crippen LogP contribution in [0.25, 0.3) is 0 Å². The molecule has 0 aliphatic rings. The van der Waals surface area contributed by atoms with Gasteiger partial charge in [0, 0.05) is 25.2 Å². The molecule has 1 rings (SSSR count). The fourth-order valence-corrected chi connectivity index (χ4v) is 1.47. The monoisotopic (exact) mass is 241 g/mol. The number of ether oxygens (including phenoxy) is 1. The van der Waals surface area contributed by atoms with E-state index >= 15 is 0 Å². The number of nitrogens with zero attached hydrogens (tertiary/aromatic N) is 1. The van der Waals surface area contributed by atoms with Crippen molar-refractivity contribution >= 4 is 17.5 Å². The van der Waals surface area contributed by atoms with Crippen LogP contribution in [-0.2, 0) is 16.1 Å². The minimum absolute atomic E-state index is 0.0400. The van der Waals surface area contributed by atoms with Crippen molar-refractivity contribution in [2.75, 3.05) is 20.3 Å². The third kappa shape index (κ3) is 3.83. The fraction of sp³-hybridized carbons (Fsp3) is 0.417. The van der Waals surface area contributed by atoms with Crippen LogP contribution in [-0.4, -0.2) is 31.1 Å². The Bertz CT molecular complexity index is 355. The number of carbonyl (C=O) groups excluding carboxylic acids is 1. The lowest BCUT2D eigenvalue weighted by Crippen LogP contribution is -2.29. The Morgan fingerprint density at radius 2 is 2.12 bits per heavy atom. The molecule has 1 amide bonds. The summed E-state index contributed by atoms with van der Waals surface area (Å²) in [5.41, 5.74) is 0.941. The standard InChI is InChI=1S/C12H16ClNO2/c1-3-16-9-12(15)14(2)8-10-6-4-5-7-11(10)13/h4-7H,3,8-9H2,1-2H3. The van der Waals surface area contributed by atoms with Gasteiger partial charge in [0.25, 0.3) is 0 Å². The molecule has 0 saturated heterocycles. The summed E-state index contributed by atoms with van der Waals surface area (Å²) in [6.45, 7) is 3.04. The molecule has 16 heavy (non-hydrogen) atoms. The van der Waals surface area contributed by atoms with Gasteiger partial charge in [-0.1, -0.05) is 29.8 Å². The molecule has 0 heterocycles. The van der Waals surface area contributed by atoms with Crippen LogP contribution in [0.5, 0.6) is 0 Å². The number of carbonyl (C=O) groups is 1. The minimum Gasteiger partial charge on any atom is -0.372 e. The van der Waals surface area contributed by atoms with E-state index in [1.165, 1.54) is 0 Å². The summed E-state index contributed by atoms with van der Waals surface area (Å²) in [6.07, 6.45) is 0. The maximum atomic E-state index is 11.6. The van der Waals surface area contributed by atoms with E-state index in [9.17, 15) is 4.79 Å². The smallest absolute Gasteiger partial charge is 0.248 e. The van der Waals surface area contributed by atoms with Crippen LogP contribution in [0.15, 0.2) is 24.3 Å². The molecular formula is C12H16ClNO2. The van der Waals surface area contributed by atoms with Crippen LogP contribution in [0, 0.1) is 0 Å². The SMILES string of the molecule is CCOCC(=O)N(C)Cc1ccccc1Cl. The van der Waals surface area contributed by atoms with Gasteiger partial charge in [-0.2, -0.15) is 0 Å². The number of hydrogen-bond donors (Lipinski definition) is 0. The Hall–Kier alpha value is -1.06. The first-order chi connectivity index (χ1) is 7.65. The van der Waals surface area contributed by atoms with Crippen molar-refractivity contribution in [2.45, 2.75) is 13.5 Å². The second-order valence-corrected chi connectivity index (χ2v) is 3.89. The first-order valence-corrected chi connectivity index (χ1v) is 5.58. The van der Waals surface area contributed by atoms with Gasteiger partial charge in [0.15, 0.2) is 0 Å². The summed E-state index contributed by atoms with van der Waals surface area (Å²) in [5, 5.41) is 0.679. The molecule has 0 aliphatic carbocycles. The predicted molar refractivity (Wildman–Crippen MR) is 64.4 cm³/mol. The van der Waals surface area contributed by atoms with Gasteiger partial charge in [0.2, 0.25) is 5.91 Å². The van der Waals surface area contributed by atoms with Gasteiger partial charge in [0.05, 0.1) is 0 Å². The molecule has 0 N–H and O–H groups in total. The average molecular weight is 242 g/mol. The van der Waals surface area contributed by atoms with Crippen LogP contribution < -0.4 is 0 Å². The Morgan fingerprint density at radius 3 is 2.75 bits per heavy atom. The normalized spacial score (nSPS) is 10.2. The van der Waals surface area contributed by atoms with E-state index in [0.717, 1.165) is 5.56 Å². The number of hydrogen-bond acceptors (Lipinski definition) is 2. The summed E-state index contributed by atoms with van der Waals surface area (Å²) in [4.78, 5) is 13.2. The predicted octanol–water partition coefficient (Wildman–Crippen LogP) is 2.33. The van der Waals surface area contributed by atoms with Gasteiger partial charge >= 0.3 is 0 Å². The first-order valence-electron chi connectivity index (χ1n) is 5.20. The van der Waals surface area contributed by atoms with Crippen LogP contribution in [0.3, 0.4) is 0 Å². The lowest BCUT2D eigenvalue weighted by Gasteiger charge is -2.17. The van der Waals surface area contributed by atoms with Crippen molar-refractivity contribution in [3.8, 4) is 0 Å². The molecule has 0 saturated carbocycles. The number of rotatable bonds is 5. The van der Waals surface area contributed by atoms with Crippen molar-refractivity contribution in [1.82, 2.24) is 4.90 Å². The van der Waals surface area contributed by atoms with Crippen molar-refractivity contribution in [1.29, 1.82) is 0 Å². The highest BCUT2D eigenvalue weighted by molar-refractivity contribution is 6.31. The third-order valence-electron chi connectivity index (χ3n) is 2.22. The zero-order valence-corrected chi connectivity index (χ0v) is 10.3. The molecule has 0 aliphatic heterocycles. The molecule has 0 unspecified atom stereocenters. The highest BCUT2D eigenvalue weighted by Gasteiger charge is 2.10. The number of benzene rings is 1. The number of likely N-dealkylation sites (N-methyl/N-ethyl adjacent to an activating group) is 1. The molecular weight excluding hydrogens is 226 g/mol. The molecule has 0 fully saturated rings. The van der Waals surface area contributed by atoms with Crippen molar-refractivity contribution < 1.29 is 9.53 Å². The van der Waals surface area contributed by atoms with Gasteiger partial charge in [-0.3, -0.25) is 4.79 Å². The second kappa shape index (κ2) is 6.51. The summed E-state index contributed by atoms with van der Waals surface area (Å²) >= 11 is 6.01. The Balaban J connectivity index is 2.54. The van der Waals surface area contributed by atoms with Crippen LogP contribution >= 0.6 is 11.6 Å². The highest BCUT2D eigenvalue weighted by atomic mass is 35.5. The molecule has 1 aromatic rings. The van der Waals surface area contributed by atoms with Crippen LogP contribution in [0.2, 0.25) is 5.02 Å². The Morgan fingerprint density at radius 1 is 1.44 bits per heavy atom. The van der Waals surface area contributed by atoms with Crippen LogP contribution in [0.1, 0.15) is 12.5 Å². The summed E-state index contributed by atoms with van der Waals surface area (Å²) < 4.78 is 5.06. The molecule has 3 nitrogen and oxygen atoms in total. The lowest BCUT2D eigenvalue weighted by molar-refractivity contribution is -0.135. The molecule has 0 aromatic heterocycles. The summed E-state index contributed by atoms with van der Waals surface area (Å²) in [7, 11) is 1.74. The van der Waals surface area contributed by atoms with Crippen molar-refractivity contribution in [3.63, 3.8) is 0 Å². The molecule has 1 aromatic carbocycles. The molecule has 0 spiro atoms. The summed E-state index contributed by atoms with van der Waals surface area (Å²) in [6, 6.07) is 7.50. The Kier molecular flexibility index (Phi) is 5.29. The number of halogens is 1. The zero-order valence-electron chi connectivity index (χ0n) is 9.57. The van der Waals surface area contributed by atoms with E-state index in [1.54, 1.807) is 11.9 Å². The molecule has 0 bridgehead atoms. The van der Waals surface area contributed by atoms with Crippen LogP contribution in [0.4, 0.5) is 0 Å².